The van der Waals surface area contributed by atoms with Crippen molar-refractivity contribution in [2.24, 2.45) is 0 Å². The molecule has 0 radical (unpaired) electrons. The monoisotopic (exact) mass is 294 g/mol. The zero-order valence-electron chi connectivity index (χ0n) is 13.3. The van der Waals surface area contributed by atoms with E-state index in [2.05, 4.69) is 33.0 Å². The summed E-state index contributed by atoms with van der Waals surface area (Å²) < 4.78 is 18.0. The number of hydrogen-bond donors (Lipinski definition) is 2. The zero-order chi connectivity index (χ0) is 13.7. The fraction of sp³-hybridized carbons (Fsp3) is 1.00. The van der Waals surface area contributed by atoms with Gasteiger partial charge in [-0.25, -0.2) is 0 Å². The smallest absolute Gasteiger partial charge is 0.373 e. The fourth-order valence-corrected chi connectivity index (χ4v) is 4.24. The number of nitrogens with one attached hydrogen (secondary N) is 1. The molecule has 0 aliphatic heterocycles. The van der Waals surface area contributed by atoms with E-state index in [1.54, 1.807) is 0 Å². The maximum absolute atomic E-state index is 5.98. The van der Waals surface area contributed by atoms with Crippen molar-refractivity contribution in [3.05, 3.63) is 0 Å². The second kappa shape index (κ2) is 14.4. The van der Waals surface area contributed by atoms with Crippen molar-refractivity contribution in [1.29, 1.82) is 0 Å². The molecule has 0 aromatic rings. The van der Waals surface area contributed by atoms with Crippen molar-refractivity contribution in [3.63, 3.8) is 0 Å². The van der Waals surface area contributed by atoms with Crippen LogP contribution in [0.2, 0.25) is 6.04 Å². The van der Waals surface area contributed by atoms with Crippen LogP contribution in [0, 0.1) is 0 Å². The van der Waals surface area contributed by atoms with Crippen LogP contribution in [-0.2, 0) is 13.3 Å². The highest BCUT2D eigenvalue weighted by molar-refractivity contribution is 6.60. The summed E-state index contributed by atoms with van der Waals surface area (Å²) in [6, 6.07) is 0.862. The van der Waals surface area contributed by atoms with Crippen LogP contribution in [-0.4, -0.2) is 41.7 Å². The van der Waals surface area contributed by atoms with E-state index in [0.717, 1.165) is 58.2 Å². The Morgan fingerprint density at radius 2 is 1.21 bits per heavy atom. The fourth-order valence-electron chi connectivity index (χ4n) is 1.53. The molecule has 0 rings (SSSR count). The third-order valence-electron chi connectivity index (χ3n) is 2.44. The standard InChI is InChI=1S/C13H31NO3Si.H3N/c1-5-10-15-18(16-11-6-2,17-12-7-3)13-9-14-8-4;/h14H,5-13H2,1-4H3;1H3. The number of rotatable bonds is 13. The molecule has 5 nitrogen and oxygen atoms in total. The molecule has 0 heterocycles. The van der Waals surface area contributed by atoms with Crippen molar-refractivity contribution in [2.75, 3.05) is 32.9 Å². The molecule has 19 heavy (non-hydrogen) atoms. The minimum absolute atomic E-state index is 0. The van der Waals surface area contributed by atoms with Gasteiger partial charge in [0, 0.05) is 25.9 Å². The summed E-state index contributed by atoms with van der Waals surface area (Å²) >= 11 is 0. The van der Waals surface area contributed by atoms with Gasteiger partial charge in [-0.3, -0.25) is 0 Å². The van der Waals surface area contributed by atoms with Gasteiger partial charge in [-0.15, -0.1) is 0 Å². The van der Waals surface area contributed by atoms with Crippen LogP contribution >= 0.6 is 0 Å². The summed E-state index contributed by atoms with van der Waals surface area (Å²) in [6.45, 7) is 12.5. The first-order chi connectivity index (χ1) is 8.74. The molecule has 0 fully saturated rings. The van der Waals surface area contributed by atoms with Gasteiger partial charge in [0.25, 0.3) is 0 Å². The average molecular weight is 295 g/mol. The molecule has 0 atom stereocenters. The first-order valence-electron chi connectivity index (χ1n) is 7.37. The average Bonchev–Trinajstić information content (AvgIpc) is 2.40. The minimum Gasteiger partial charge on any atom is -0.373 e. The van der Waals surface area contributed by atoms with E-state index >= 15 is 0 Å². The molecular weight excluding hydrogens is 260 g/mol. The normalized spacial score (nSPS) is 11.4. The van der Waals surface area contributed by atoms with Crippen LogP contribution in [0.5, 0.6) is 0 Å². The SMILES string of the molecule is CCCO[Si](CCNCC)(OCCC)OCCC.N. The maximum Gasteiger partial charge on any atom is 0.502 e. The Bertz CT molecular complexity index is 163. The molecule has 0 aromatic heterocycles. The molecular formula is C13H34N2O3Si. The molecule has 0 aromatic carbocycles. The lowest BCUT2D eigenvalue weighted by Crippen LogP contribution is -2.48. The summed E-state index contributed by atoms with van der Waals surface area (Å²) in [5.41, 5.74) is 0. The molecule has 118 valence electrons. The summed E-state index contributed by atoms with van der Waals surface area (Å²) in [4.78, 5) is 0. The second-order valence-corrected chi connectivity index (χ2v) is 7.06. The highest BCUT2D eigenvalue weighted by Gasteiger charge is 2.40. The third-order valence-corrected chi connectivity index (χ3v) is 5.23. The lowest BCUT2D eigenvalue weighted by atomic mass is 10.5. The van der Waals surface area contributed by atoms with Crippen LogP contribution in [0.1, 0.15) is 47.0 Å². The predicted octanol–water partition coefficient (Wildman–Crippen LogP) is 2.98. The Labute approximate surface area is 120 Å². The van der Waals surface area contributed by atoms with E-state index in [4.69, 9.17) is 13.3 Å². The van der Waals surface area contributed by atoms with Gasteiger partial charge in [0.2, 0.25) is 0 Å². The molecule has 4 N–H and O–H groups in total. The highest BCUT2D eigenvalue weighted by Crippen LogP contribution is 2.16. The third kappa shape index (κ3) is 10.5. The molecule has 0 saturated heterocycles. The van der Waals surface area contributed by atoms with Gasteiger partial charge in [-0.2, -0.15) is 0 Å². The van der Waals surface area contributed by atoms with E-state index in [9.17, 15) is 0 Å². The molecule has 0 unspecified atom stereocenters. The van der Waals surface area contributed by atoms with E-state index in [1.807, 2.05) is 0 Å². The van der Waals surface area contributed by atoms with Crippen LogP contribution in [0.4, 0.5) is 0 Å². The first kappa shape index (κ1) is 21.3. The van der Waals surface area contributed by atoms with E-state index in [-0.39, 0.29) is 6.15 Å². The quantitative estimate of drug-likeness (QED) is 0.403. The minimum atomic E-state index is -2.46. The van der Waals surface area contributed by atoms with E-state index in [0.29, 0.717) is 0 Å². The maximum atomic E-state index is 5.98. The molecule has 0 aliphatic rings. The lowest BCUT2D eigenvalue weighted by molar-refractivity contribution is 0.0593. The molecule has 0 aliphatic carbocycles. The number of hydrogen-bond acceptors (Lipinski definition) is 5. The molecule has 0 saturated carbocycles. The van der Waals surface area contributed by atoms with Gasteiger partial charge in [0.15, 0.2) is 0 Å². The van der Waals surface area contributed by atoms with Gasteiger partial charge in [0.1, 0.15) is 0 Å². The van der Waals surface area contributed by atoms with Crippen LogP contribution in [0.3, 0.4) is 0 Å². The van der Waals surface area contributed by atoms with E-state index < -0.39 is 8.80 Å². The van der Waals surface area contributed by atoms with E-state index in [1.165, 1.54) is 0 Å². The Morgan fingerprint density at radius 1 is 0.789 bits per heavy atom. The van der Waals surface area contributed by atoms with Crippen molar-refractivity contribution in [2.45, 2.75) is 53.0 Å². The Morgan fingerprint density at radius 3 is 1.53 bits per heavy atom. The lowest BCUT2D eigenvalue weighted by Gasteiger charge is -2.29. The van der Waals surface area contributed by atoms with Gasteiger partial charge in [0.05, 0.1) is 0 Å². The Kier molecular flexibility index (Phi) is 16.2. The summed E-state index contributed by atoms with van der Waals surface area (Å²) in [5, 5.41) is 3.33. The van der Waals surface area contributed by atoms with Crippen molar-refractivity contribution in [3.8, 4) is 0 Å². The molecule has 0 amide bonds. The van der Waals surface area contributed by atoms with Crippen molar-refractivity contribution < 1.29 is 13.3 Å². The van der Waals surface area contributed by atoms with Crippen molar-refractivity contribution >= 4 is 8.80 Å². The first-order valence-corrected chi connectivity index (χ1v) is 9.30. The summed E-state index contributed by atoms with van der Waals surface area (Å²) in [6.07, 6.45) is 3.00. The van der Waals surface area contributed by atoms with Crippen LogP contribution in [0.25, 0.3) is 0 Å². The van der Waals surface area contributed by atoms with Crippen LogP contribution in [0.15, 0.2) is 0 Å². The van der Waals surface area contributed by atoms with Crippen LogP contribution < -0.4 is 11.5 Å². The van der Waals surface area contributed by atoms with Crippen molar-refractivity contribution in [1.82, 2.24) is 11.5 Å². The van der Waals surface area contributed by atoms with Gasteiger partial charge in [-0.1, -0.05) is 27.7 Å². The Hall–Kier alpha value is 0.0169. The van der Waals surface area contributed by atoms with Gasteiger partial charge in [-0.05, 0) is 32.4 Å². The molecule has 0 spiro atoms. The van der Waals surface area contributed by atoms with Gasteiger partial charge >= 0.3 is 8.80 Å². The highest BCUT2D eigenvalue weighted by atomic mass is 28.4. The second-order valence-electron chi connectivity index (χ2n) is 4.33. The topological polar surface area (TPSA) is 74.7 Å². The largest absolute Gasteiger partial charge is 0.502 e. The molecule has 6 heteroatoms. The zero-order valence-corrected chi connectivity index (χ0v) is 14.3. The van der Waals surface area contributed by atoms with Gasteiger partial charge < -0.3 is 24.7 Å². The predicted molar refractivity (Wildman–Crippen MR) is 82.9 cm³/mol. The summed E-state index contributed by atoms with van der Waals surface area (Å²) in [5.74, 6) is 0. The summed E-state index contributed by atoms with van der Waals surface area (Å²) in [7, 11) is -2.46. The Balaban J connectivity index is 0. The molecule has 0 bridgehead atoms.